The van der Waals surface area contributed by atoms with Crippen molar-refractivity contribution >= 4 is 5.78 Å². The number of carbonyl (C=O) groups is 1. The van der Waals surface area contributed by atoms with Crippen LogP contribution in [-0.2, 0) is 4.74 Å². The van der Waals surface area contributed by atoms with E-state index in [2.05, 4.69) is 6.92 Å². The van der Waals surface area contributed by atoms with Crippen LogP contribution < -0.4 is 4.74 Å². The molecule has 1 aliphatic carbocycles. The van der Waals surface area contributed by atoms with Gasteiger partial charge in [-0.05, 0) is 30.9 Å². The Kier molecular flexibility index (Phi) is 6.24. The molecule has 0 radical (unpaired) electrons. The first-order chi connectivity index (χ1) is 10.3. The molecular weight excluding hydrogens is 264 g/mol. The zero-order valence-electron chi connectivity index (χ0n) is 13.1. The van der Waals surface area contributed by atoms with E-state index in [4.69, 9.17) is 9.47 Å². The largest absolute Gasteiger partial charge is 0.490 e. The highest BCUT2D eigenvalue weighted by atomic mass is 16.5. The summed E-state index contributed by atoms with van der Waals surface area (Å²) < 4.78 is 10.7. The summed E-state index contributed by atoms with van der Waals surface area (Å²) >= 11 is 0. The summed E-state index contributed by atoms with van der Waals surface area (Å²) in [4.78, 5) is 12.8. The Morgan fingerprint density at radius 1 is 1.24 bits per heavy atom. The second kappa shape index (κ2) is 8.18. The van der Waals surface area contributed by atoms with Crippen LogP contribution in [0.3, 0.4) is 0 Å². The molecule has 0 aliphatic heterocycles. The van der Waals surface area contributed by atoms with Gasteiger partial charge in [-0.15, -0.1) is 0 Å². The molecule has 0 N–H and O–H groups in total. The van der Waals surface area contributed by atoms with Gasteiger partial charge in [-0.25, -0.2) is 0 Å². The van der Waals surface area contributed by atoms with Gasteiger partial charge in [0.05, 0.1) is 12.2 Å². The fraction of sp³-hybridized carbons (Fsp3) is 0.611. The SMILES string of the molecule is CCC1CCCC(C(=O)c2ccccc2OCCOC)C1. The number of benzene rings is 1. The zero-order chi connectivity index (χ0) is 15.1. The van der Waals surface area contributed by atoms with Crippen molar-refractivity contribution in [3.8, 4) is 5.75 Å². The molecule has 0 saturated heterocycles. The van der Waals surface area contributed by atoms with Gasteiger partial charge in [-0.2, -0.15) is 0 Å². The van der Waals surface area contributed by atoms with Gasteiger partial charge >= 0.3 is 0 Å². The maximum Gasteiger partial charge on any atom is 0.169 e. The minimum absolute atomic E-state index is 0.163. The molecule has 116 valence electrons. The van der Waals surface area contributed by atoms with Crippen molar-refractivity contribution in [3.05, 3.63) is 29.8 Å². The van der Waals surface area contributed by atoms with E-state index in [1.54, 1.807) is 7.11 Å². The molecule has 3 nitrogen and oxygen atoms in total. The van der Waals surface area contributed by atoms with Crippen LogP contribution in [0.25, 0.3) is 0 Å². The molecule has 1 fully saturated rings. The fourth-order valence-corrected chi connectivity index (χ4v) is 3.15. The number of Topliss-reactive ketones (excluding diaryl/α,β-unsaturated/α-hetero) is 1. The summed E-state index contributed by atoms with van der Waals surface area (Å²) in [5.41, 5.74) is 0.732. The predicted molar refractivity (Wildman–Crippen MR) is 83.9 cm³/mol. The van der Waals surface area contributed by atoms with Gasteiger partial charge in [0.1, 0.15) is 12.4 Å². The third-order valence-electron chi connectivity index (χ3n) is 4.43. The third-order valence-corrected chi connectivity index (χ3v) is 4.43. The number of hydrogen-bond donors (Lipinski definition) is 0. The molecule has 0 amide bonds. The van der Waals surface area contributed by atoms with Crippen molar-refractivity contribution in [2.24, 2.45) is 11.8 Å². The number of methoxy groups -OCH3 is 1. The maximum atomic E-state index is 12.8. The highest BCUT2D eigenvalue weighted by Gasteiger charge is 2.28. The van der Waals surface area contributed by atoms with Crippen LogP contribution in [0.2, 0.25) is 0 Å². The maximum absolute atomic E-state index is 12.8. The van der Waals surface area contributed by atoms with Gasteiger partial charge in [-0.3, -0.25) is 4.79 Å². The Hall–Kier alpha value is -1.35. The van der Waals surface area contributed by atoms with Crippen molar-refractivity contribution in [2.45, 2.75) is 39.0 Å². The lowest BCUT2D eigenvalue weighted by Crippen LogP contribution is -2.23. The number of carbonyl (C=O) groups excluding carboxylic acids is 1. The fourth-order valence-electron chi connectivity index (χ4n) is 3.15. The molecule has 0 aromatic heterocycles. The number of para-hydroxylation sites is 1. The molecule has 2 rings (SSSR count). The van der Waals surface area contributed by atoms with E-state index in [1.165, 1.54) is 19.3 Å². The smallest absolute Gasteiger partial charge is 0.169 e. The molecule has 1 saturated carbocycles. The van der Waals surface area contributed by atoms with E-state index >= 15 is 0 Å². The van der Waals surface area contributed by atoms with Gasteiger partial charge in [0, 0.05) is 13.0 Å². The number of ketones is 1. The van der Waals surface area contributed by atoms with E-state index in [0.717, 1.165) is 18.4 Å². The molecule has 1 aromatic rings. The Morgan fingerprint density at radius 2 is 2.05 bits per heavy atom. The summed E-state index contributed by atoms with van der Waals surface area (Å²) in [7, 11) is 1.65. The second-order valence-electron chi connectivity index (χ2n) is 5.84. The van der Waals surface area contributed by atoms with Gasteiger partial charge in [0.2, 0.25) is 0 Å². The molecule has 21 heavy (non-hydrogen) atoms. The van der Waals surface area contributed by atoms with Crippen LogP contribution in [-0.4, -0.2) is 26.1 Å². The van der Waals surface area contributed by atoms with Gasteiger partial charge in [0.25, 0.3) is 0 Å². The lowest BCUT2D eigenvalue weighted by molar-refractivity contribution is 0.0854. The number of hydrogen-bond acceptors (Lipinski definition) is 3. The molecule has 1 aromatic carbocycles. The van der Waals surface area contributed by atoms with Crippen molar-refractivity contribution in [1.82, 2.24) is 0 Å². The summed E-state index contributed by atoms with van der Waals surface area (Å²) in [5.74, 6) is 1.81. The molecule has 3 heteroatoms. The summed E-state index contributed by atoms with van der Waals surface area (Å²) in [6, 6.07) is 7.59. The summed E-state index contributed by atoms with van der Waals surface area (Å²) in [5, 5.41) is 0. The normalized spacial score (nSPS) is 22.0. The minimum atomic E-state index is 0.163. The summed E-state index contributed by atoms with van der Waals surface area (Å²) in [6.07, 6.45) is 5.66. The van der Waals surface area contributed by atoms with Crippen LogP contribution in [0.1, 0.15) is 49.4 Å². The van der Waals surface area contributed by atoms with Gasteiger partial charge < -0.3 is 9.47 Å². The van der Waals surface area contributed by atoms with E-state index < -0.39 is 0 Å². The molecule has 0 heterocycles. The molecular formula is C18H26O3. The standard InChI is InChI=1S/C18H26O3/c1-3-14-7-6-8-15(13-14)18(19)16-9-4-5-10-17(16)21-12-11-20-2/h4-5,9-10,14-15H,3,6-8,11-13H2,1-2H3. The van der Waals surface area contributed by atoms with Crippen molar-refractivity contribution in [3.63, 3.8) is 0 Å². The highest BCUT2D eigenvalue weighted by molar-refractivity contribution is 6.00. The first kappa shape index (κ1) is 16.0. The average molecular weight is 290 g/mol. The lowest BCUT2D eigenvalue weighted by Gasteiger charge is -2.27. The first-order valence-corrected chi connectivity index (χ1v) is 8.01. The first-order valence-electron chi connectivity index (χ1n) is 8.01. The molecule has 0 spiro atoms. The third kappa shape index (κ3) is 4.31. The topological polar surface area (TPSA) is 35.5 Å². The highest BCUT2D eigenvalue weighted by Crippen LogP contribution is 2.34. The van der Waals surface area contributed by atoms with E-state index in [1.807, 2.05) is 24.3 Å². The zero-order valence-corrected chi connectivity index (χ0v) is 13.1. The molecule has 0 bridgehead atoms. The minimum Gasteiger partial charge on any atom is -0.490 e. The lowest BCUT2D eigenvalue weighted by atomic mass is 9.77. The van der Waals surface area contributed by atoms with Gasteiger partial charge in [0.15, 0.2) is 5.78 Å². The van der Waals surface area contributed by atoms with E-state index in [-0.39, 0.29) is 11.7 Å². The van der Waals surface area contributed by atoms with Crippen molar-refractivity contribution in [1.29, 1.82) is 0 Å². The van der Waals surface area contributed by atoms with Crippen molar-refractivity contribution < 1.29 is 14.3 Å². The predicted octanol–water partition coefficient (Wildman–Crippen LogP) is 4.11. The number of rotatable bonds is 7. The van der Waals surface area contributed by atoms with Crippen LogP contribution in [0.15, 0.2) is 24.3 Å². The van der Waals surface area contributed by atoms with Crippen LogP contribution in [0.5, 0.6) is 5.75 Å². The average Bonchev–Trinajstić information content (AvgIpc) is 2.55. The van der Waals surface area contributed by atoms with Gasteiger partial charge in [-0.1, -0.05) is 38.3 Å². The van der Waals surface area contributed by atoms with Crippen LogP contribution in [0.4, 0.5) is 0 Å². The van der Waals surface area contributed by atoms with E-state index in [0.29, 0.717) is 24.9 Å². The Bertz CT molecular complexity index is 456. The number of ether oxygens (including phenoxy) is 2. The molecule has 2 atom stereocenters. The quantitative estimate of drug-likeness (QED) is 0.560. The monoisotopic (exact) mass is 290 g/mol. The van der Waals surface area contributed by atoms with Crippen LogP contribution >= 0.6 is 0 Å². The summed E-state index contributed by atoms with van der Waals surface area (Å²) in [6.45, 7) is 3.23. The van der Waals surface area contributed by atoms with Crippen molar-refractivity contribution in [2.75, 3.05) is 20.3 Å². The molecule has 2 unspecified atom stereocenters. The van der Waals surface area contributed by atoms with E-state index in [9.17, 15) is 4.79 Å². The molecule has 1 aliphatic rings. The Labute approximate surface area is 127 Å². The second-order valence-corrected chi connectivity index (χ2v) is 5.84. The Balaban J connectivity index is 2.07. The Morgan fingerprint density at radius 3 is 2.81 bits per heavy atom. The van der Waals surface area contributed by atoms with Crippen LogP contribution in [0, 0.1) is 11.8 Å².